The van der Waals surface area contributed by atoms with Crippen molar-refractivity contribution in [2.75, 3.05) is 23.3 Å². The van der Waals surface area contributed by atoms with Crippen molar-refractivity contribution in [2.24, 2.45) is 0 Å². The summed E-state index contributed by atoms with van der Waals surface area (Å²) in [6.07, 6.45) is 6.34. The van der Waals surface area contributed by atoms with Crippen LogP contribution in [0.15, 0.2) is 42.9 Å². The molecule has 0 atom stereocenters. The summed E-state index contributed by atoms with van der Waals surface area (Å²) in [5, 5.41) is 12.7. The molecule has 1 aromatic carbocycles. The zero-order valence-corrected chi connectivity index (χ0v) is 17.8. The molecular weight excluding hydrogens is 441 g/mol. The molecule has 0 bridgehead atoms. The Morgan fingerprint density at radius 1 is 1.03 bits per heavy atom. The molecule has 1 fully saturated rings. The Balaban J connectivity index is 1.38. The van der Waals surface area contributed by atoms with Gasteiger partial charge in [0.25, 0.3) is 11.8 Å². The first-order valence-corrected chi connectivity index (χ1v) is 10.4. The van der Waals surface area contributed by atoms with Gasteiger partial charge in [0.2, 0.25) is 5.95 Å². The predicted octanol–water partition coefficient (Wildman–Crippen LogP) is 3.16. The van der Waals surface area contributed by atoms with Gasteiger partial charge in [-0.15, -0.1) is 0 Å². The van der Waals surface area contributed by atoms with Crippen LogP contribution in [0.3, 0.4) is 0 Å². The van der Waals surface area contributed by atoms with E-state index >= 15 is 0 Å². The first-order valence-electron chi connectivity index (χ1n) is 9.65. The Bertz CT molecular complexity index is 1060. The Morgan fingerprint density at radius 3 is 2.39 bits per heavy atom. The second-order valence-corrected chi connectivity index (χ2v) is 7.80. The van der Waals surface area contributed by atoms with Crippen LogP contribution in [0.25, 0.3) is 0 Å². The molecule has 160 valence electrons. The smallest absolute Gasteiger partial charge is 0.274 e. The third kappa shape index (κ3) is 4.78. The van der Waals surface area contributed by atoms with Crippen molar-refractivity contribution < 1.29 is 9.59 Å². The Labute approximate surface area is 188 Å². The third-order valence-electron chi connectivity index (χ3n) is 4.96. The molecular formula is C20H19Cl2N7O2. The van der Waals surface area contributed by atoms with Gasteiger partial charge in [-0.25, -0.2) is 9.97 Å². The highest BCUT2D eigenvalue weighted by Crippen LogP contribution is 2.26. The average molecular weight is 460 g/mol. The Hall–Kier alpha value is -3.17. The van der Waals surface area contributed by atoms with Gasteiger partial charge in [-0.3, -0.25) is 14.7 Å². The molecule has 0 spiro atoms. The van der Waals surface area contributed by atoms with Crippen molar-refractivity contribution in [3.8, 4) is 0 Å². The van der Waals surface area contributed by atoms with Crippen molar-refractivity contribution in [3.63, 3.8) is 0 Å². The van der Waals surface area contributed by atoms with Gasteiger partial charge < -0.3 is 15.5 Å². The van der Waals surface area contributed by atoms with E-state index in [4.69, 9.17) is 23.2 Å². The molecule has 3 N–H and O–H groups in total. The maximum atomic E-state index is 12.8. The molecule has 9 nitrogen and oxygen atoms in total. The van der Waals surface area contributed by atoms with Gasteiger partial charge in [-0.1, -0.05) is 29.3 Å². The number of aromatic amines is 1. The number of hydrogen-bond acceptors (Lipinski definition) is 6. The van der Waals surface area contributed by atoms with E-state index in [1.54, 1.807) is 36.7 Å². The highest BCUT2D eigenvalue weighted by Gasteiger charge is 2.25. The van der Waals surface area contributed by atoms with E-state index in [1.165, 1.54) is 6.20 Å². The van der Waals surface area contributed by atoms with Gasteiger partial charge >= 0.3 is 0 Å². The summed E-state index contributed by atoms with van der Waals surface area (Å²) in [4.78, 5) is 36.0. The number of nitrogens with zero attached hydrogens (tertiary/aromatic N) is 4. The largest absolute Gasteiger partial charge is 0.348 e. The normalized spacial score (nSPS) is 14.3. The number of piperidine rings is 1. The van der Waals surface area contributed by atoms with Crippen molar-refractivity contribution in [1.82, 2.24) is 25.5 Å². The minimum absolute atomic E-state index is 0.0225. The molecule has 2 amide bonds. The molecule has 2 aromatic heterocycles. The molecule has 0 radical (unpaired) electrons. The van der Waals surface area contributed by atoms with Gasteiger partial charge in [0.05, 0.1) is 21.3 Å². The van der Waals surface area contributed by atoms with Gasteiger partial charge in [-0.2, -0.15) is 5.10 Å². The number of aromatic nitrogens is 4. The van der Waals surface area contributed by atoms with Crippen LogP contribution in [0.4, 0.5) is 11.6 Å². The SMILES string of the molecule is O=C(NC1CCN(c2ncccn2)CC1)c1n[nH]cc1NC(=O)c1c(Cl)cccc1Cl. The number of benzene rings is 1. The zero-order chi connectivity index (χ0) is 21.8. The summed E-state index contributed by atoms with van der Waals surface area (Å²) >= 11 is 12.2. The molecule has 31 heavy (non-hydrogen) atoms. The molecule has 11 heteroatoms. The Kier molecular flexibility index (Phi) is 6.34. The van der Waals surface area contributed by atoms with Crippen LogP contribution < -0.4 is 15.5 Å². The number of hydrogen-bond donors (Lipinski definition) is 3. The number of halogens is 2. The van der Waals surface area contributed by atoms with Gasteiger partial charge in [0, 0.05) is 37.7 Å². The summed E-state index contributed by atoms with van der Waals surface area (Å²) in [6.45, 7) is 1.45. The lowest BCUT2D eigenvalue weighted by Gasteiger charge is -2.32. The lowest BCUT2D eigenvalue weighted by atomic mass is 10.1. The van der Waals surface area contributed by atoms with Crippen LogP contribution in [0.2, 0.25) is 10.0 Å². The Morgan fingerprint density at radius 2 is 1.71 bits per heavy atom. The highest BCUT2D eigenvalue weighted by molar-refractivity contribution is 6.40. The van der Waals surface area contributed by atoms with E-state index in [1.807, 2.05) is 0 Å². The maximum Gasteiger partial charge on any atom is 0.274 e. The lowest BCUT2D eigenvalue weighted by molar-refractivity contribution is 0.0927. The van der Waals surface area contributed by atoms with E-state index in [9.17, 15) is 9.59 Å². The van der Waals surface area contributed by atoms with Gasteiger partial charge in [0.15, 0.2) is 5.69 Å². The average Bonchev–Trinajstić information content (AvgIpc) is 3.23. The quantitative estimate of drug-likeness (QED) is 0.539. The molecule has 0 aliphatic carbocycles. The van der Waals surface area contributed by atoms with E-state index in [-0.39, 0.29) is 38.9 Å². The first kappa shape index (κ1) is 21.1. The molecule has 1 saturated heterocycles. The number of rotatable bonds is 5. The fraction of sp³-hybridized carbons (Fsp3) is 0.250. The van der Waals surface area contributed by atoms with Crippen LogP contribution in [0.1, 0.15) is 33.7 Å². The van der Waals surface area contributed by atoms with Crippen molar-refractivity contribution in [2.45, 2.75) is 18.9 Å². The van der Waals surface area contributed by atoms with Crippen molar-refractivity contribution >= 4 is 46.7 Å². The zero-order valence-electron chi connectivity index (χ0n) is 16.3. The van der Waals surface area contributed by atoms with Gasteiger partial charge in [0.1, 0.15) is 0 Å². The molecule has 1 aliphatic rings. The first-order chi connectivity index (χ1) is 15.0. The molecule has 0 saturated carbocycles. The third-order valence-corrected chi connectivity index (χ3v) is 5.59. The maximum absolute atomic E-state index is 12.8. The summed E-state index contributed by atoms with van der Waals surface area (Å²) in [5.41, 5.74) is 0.466. The molecule has 3 aromatic rings. The second kappa shape index (κ2) is 9.32. The van der Waals surface area contributed by atoms with Crippen LogP contribution in [-0.2, 0) is 0 Å². The van der Waals surface area contributed by atoms with Crippen molar-refractivity contribution in [3.05, 3.63) is 64.2 Å². The van der Waals surface area contributed by atoms with Crippen LogP contribution in [0, 0.1) is 0 Å². The van der Waals surface area contributed by atoms with Crippen LogP contribution in [-0.4, -0.2) is 51.1 Å². The van der Waals surface area contributed by atoms with E-state index in [2.05, 4.69) is 35.7 Å². The number of amides is 2. The molecule has 1 aliphatic heterocycles. The van der Waals surface area contributed by atoms with Crippen LogP contribution >= 0.6 is 23.2 Å². The minimum Gasteiger partial charge on any atom is -0.348 e. The van der Waals surface area contributed by atoms with E-state index in [0.29, 0.717) is 5.95 Å². The minimum atomic E-state index is -0.526. The predicted molar refractivity (Wildman–Crippen MR) is 118 cm³/mol. The lowest BCUT2D eigenvalue weighted by Crippen LogP contribution is -2.45. The summed E-state index contributed by atoms with van der Waals surface area (Å²) in [5.74, 6) is -0.221. The van der Waals surface area contributed by atoms with E-state index < -0.39 is 5.91 Å². The number of anilines is 2. The topological polar surface area (TPSA) is 116 Å². The van der Waals surface area contributed by atoms with E-state index in [0.717, 1.165) is 25.9 Å². The second-order valence-electron chi connectivity index (χ2n) is 6.98. The standard InChI is InChI=1S/C20H19Cl2N7O2/c21-13-3-1-4-14(22)16(13)18(30)27-15-11-25-28-17(15)19(31)26-12-5-9-29(10-6-12)20-23-7-2-8-24-20/h1-4,7-8,11-12H,5-6,9-10H2,(H,25,28)(H,26,31)(H,27,30). The molecule has 3 heterocycles. The number of carbonyl (C=O) groups excluding carboxylic acids is 2. The van der Waals surface area contributed by atoms with Gasteiger partial charge in [-0.05, 0) is 31.0 Å². The van der Waals surface area contributed by atoms with Crippen LogP contribution in [0.5, 0.6) is 0 Å². The van der Waals surface area contributed by atoms with Crippen molar-refractivity contribution in [1.29, 1.82) is 0 Å². The summed E-state index contributed by atoms with van der Waals surface area (Å²) < 4.78 is 0. The molecule has 0 unspecified atom stereocenters. The monoisotopic (exact) mass is 459 g/mol. The number of H-pyrrole nitrogens is 1. The fourth-order valence-corrected chi connectivity index (χ4v) is 3.96. The number of nitrogens with one attached hydrogen (secondary N) is 3. The highest BCUT2D eigenvalue weighted by atomic mass is 35.5. The number of carbonyl (C=O) groups is 2. The summed E-state index contributed by atoms with van der Waals surface area (Å²) in [6, 6.07) is 6.53. The summed E-state index contributed by atoms with van der Waals surface area (Å²) in [7, 11) is 0. The molecule has 4 rings (SSSR count). The fourth-order valence-electron chi connectivity index (χ4n) is 3.39.